The van der Waals surface area contributed by atoms with E-state index in [9.17, 15) is 4.79 Å². The van der Waals surface area contributed by atoms with Gasteiger partial charge in [-0.2, -0.15) is 0 Å². The normalized spacial score (nSPS) is 17.5. The second-order valence-electron chi connectivity index (χ2n) is 3.07. The lowest BCUT2D eigenvalue weighted by Crippen LogP contribution is -2.29. The molecule has 1 aliphatic rings. The molecule has 0 saturated heterocycles. The maximum atomic E-state index is 11.0. The van der Waals surface area contributed by atoms with Crippen LogP contribution >= 0.6 is 0 Å². The van der Waals surface area contributed by atoms with Gasteiger partial charge in [0.25, 0.3) is 0 Å². The molecule has 0 spiro atoms. The average Bonchev–Trinajstić information content (AvgIpc) is 1.93. The lowest BCUT2D eigenvalue weighted by Gasteiger charge is -2.24. The third kappa shape index (κ3) is 2.89. The van der Waals surface area contributed by atoms with Crippen LogP contribution in [0.1, 0.15) is 25.7 Å². The molecule has 1 amide bonds. The van der Waals surface area contributed by atoms with Crippen LogP contribution in [0.25, 0.3) is 0 Å². The van der Waals surface area contributed by atoms with Gasteiger partial charge in [0.15, 0.2) is 0 Å². The molecule has 1 rings (SSSR count). The van der Waals surface area contributed by atoms with Crippen LogP contribution in [0.5, 0.6) is 0 Å². The van der Waals surface area contributed by atoms with Gasteiger partial charge < -0.3 is 10.4 Å². The lowest BCUT2D eigenvalue weighted by atomic mass is 9.83. The zero-order valence-electron chi connectivity index (χ0n) is 6.68. The van der Waals surface area contributed by atoms with E-state index in [1.807, 2.05) is 0 Å². The summed E-state index contributed by atoms with van der Waals surface area (Å²) in [7, 11) is 0. The van der Waals surface area contributed by atoms with E-state index in [0.717, 1.165) is 0 Å². The first-order valence-corrected chi connectivity index (χ1v) is 4.20. The van der Waals surface area contributed by atoms with Crippen molar-refractivity contribution in [2.45, 2.75) is 25.7 Å². The highest BCUT2D eigenvalue weighted by Gasteiger charge is 2.19. The van der Waals surface area contributed by atoms with Gasteiger partial charge in [-0.25, -0.2) is 0 Å². The molecular weight excluding hydrogens is 142 g/mol. The first-order valence-electron chi connectivity index (χ1n) is 4.20. The van der Waals surface area contributed by atoms with Crippen LogP contribution < -0.4 is 5.32 Å². The second kappa shape index (κ2) is 4.34. The number of nitrogens with one attached hydrogen (secondary N) is 1. The maximum Gasteiger partial charge on any atom is 0.220 e. The molecule has 0 aliphatic heterocycles. The van der Waals surface area contributed by atoms with Gasteiger partial charge in [0.1, 0.15) is 0 Å². The Kier molecular flexibility index (Phi) is 3.36. The molecule has 0 aromatic carbocycles. The van der Waals surface area contributed by atoms with Crippen molar-refractivity contribution >= 4 is 5.91 Å². The van der Waals surface area contributed by atoms with E-state index >= 15 is 0 Å². The third-order valence-electron chi connectivity index (χ3n) is 2.13. The summed E-state index contributed by atoms with van der Waals surface area (Å²) in [6.45, 7) is 0.433. The van der Waals surface area contributed by atoms with E-state index < -0.39 is 0 Å². The smallest absolute Gasteiger partial charge is 0.220 e. The first-order chi connectivity index (χ1) is 5.33. The summed E-state index contributed by atoms with van der Waals surface area (Å²) < 4.78 is 0. The minimum atomic E-state index is 0.0381. The quantitative estimate of drug-likeness (QED) is 0.616. The van der Waals surface area contributed by atoms with Gasteiger partial charge in [-0.3, -0.25) is 4.79 Å². The predicted molar refractivity (Wildman–Crippen MR) is 42.1 cm³/mol. The van der Waals surface area contributed by atoms with Crippen molar-refractivity contribution < 1.29 is 9.90 Å². The van der Waals surface area contributed by atoms with E-state index in [1.54, 1.807) is 0 Å². The van der Waals surface area contributed by atoms with Gasteiger partial charge in [0.05, 0.1) is 6.61 Å². The van der Waals surface area contributed by atoms with Gasteiger partial charge in [-0.05, 0) is 18.8 Å². The van der Waals surface area contributed by atoms with Crippen molar-refractivity contribution in [2.24, 2.45) is 5.92 Å². The number of carbonyl (C=O) groups excluding carboxylic acids is 1. The van der Waals surface area contributed by atoms with Crippen LogP contribution in [-0.2, 0) is 4.79 Å². The zero-order valence-corrected chi connectivity index (χ0v) is 6.68. The van der Waals surface area contributed by atoms with Gasteiger partial charge in [0, 0.05) is 13.0 Å². The first kappa shape index (κ1) is 8.53. The predicted octanol–water partition coefficient (Wildman–Crippen LogP) is 0.285. The van der Waals surface area contributed by atoms with E-state index in [4.69, 9.17) is 5.11 Å². The topological polar surface area (TPSA) is 49.3 Å². The minimum Gasteiger partial charge on any atom is -0.395 e. The third-order valence-corrected chi connectivity index (χ3v) is 2.13. The summed E-state index contributed by atoms with van der Waals surface area (Å²) in [5.74, 6) is 0.706. The van der Waals surface area contributed by atoms with Crippen molar-refractivity contribution in [3.63, 3.8) is 0 Å². The number of rotatable bonds is 4. The Morgan fingerprint density at radius 3 is 2.73 bits per heavy atom. The van der Waals surface area contributed by atoms with Gasteiger partial charge in [0.2, 0.25) is 5.91 Å². The van der Waals surface area contributed by atoms with Crippen molar-refractivity contribution in [1.29, 1.82) is 0 Å². The standard InChI is InChI=1S/C8H15NO2/c10-5-4-9-8(11)6-7-2-1-3-7/h7,10H,1-6H2,(H,9,11). The highest BCUT2D eigenvalue weighted by atomic mass is 16.3. The number of carbonyl (C=O) groups is 1. The summed E-state index contributed by atoms with van der Waals surface area (Å²) in [6, 6.07) is 0. The van der Waals surface area contributed by atoms with Gasteiger partial charge >= 0.3 is 0 Å². The molecule has 11 heavy (non-hydrogen) atoms. The molecule has 3 nitrogen and oxygen atoms in total. The van der Waals surface area contributed by atoms with Crippen molar-refractivity contribution in [3.8, 4) is 0 Å². The van der Waals surface area contributed by atoms with E-state index in [2.05, 4.69) is 5.32 Å². The fraction of sp³-hybridized carbons (Fsp3) is 0.875. The van der Waals surface area contributed by atoms with Crippen LogP contribution in [-0.4, -0.2) is 24.2 Å². The van der Waals surface area contributed by atoms with E-state index in [1.165, 1.54) is 19.3 Å². The van der Waals surface area contributed by atoms with Crippen LogP contribution in [0.15, 0.2) is 0 Å². The SMILES string of the molecule is O=C(CC1CCC1)NCCO. The second-order valence-corrected chi connectivity index (χ2v) is 3.07. The largest absolute Gasteiger partial charge is 0.395 e. The summed E-state index contributed by atoms with van der Waals surface area (Å²) in [5.41, 5.74) is 0. The Bertz CT molecular complexity index is 132. The summed E-state index contributed by atoms with van der Waals surface area (Å²) in [5, 5.41) is 11.0. The Hall–Kier alpha value is -0.570. The maximum absolute atomic E-state index is 11.0. The lowest BCUT2D eigenvalue weighted by molar-refractivity contribution is -0.122. The molecule has 1 saturated carbocycles. The van der Waals surface area contributed by atoms with Crippen molar-refractivity contribution in [3.05, 3.63) is 0 Å². The highest BCUT2D eigenvalue weighted by molar-refractivity contribution is 5.76. The molecule has 0 aromatic rings. The molecular formula is C8H15NO2. The molecule has 64 valence electrons. The number of hydrogen-bond donors (Lipinski definition) is 2. The van der Waals surface area contributed by atoms with Crippen molar-refractivity contribution in [2.75, 3.05) is 13.2 Å². The van der Waals surface area contributed by atoms with Crippen molar-refractivity contribution in [1.82, 2.24) is 5.32 Å². The Morgan fingerprint density at radius 2 is 2.27 bits per heavy atom. The molecule has 2 N–H and O–H groups in total. The number of aliphatic hydroxyl groups is 1. The minimum absolute atomic E-state index is 0.0381. The number of aliphatic hydroxyl groups excluding tert-OH is 1. The number of amides is 1. The molecule has 0 aromatic heterocycles. The number of hydrogen-bond acceptors (Lipinski definition) is 2. The molecule has 1 aliphatic carbocycles. The fourth-order valence-electron chi connectivity index (χ4n) is 1.23. The monoisotopic (exact) mass is 157 g/mol. The summed E-state index contributed by atoms with van der Waals surface area (Å²) in [6.07, 6.45) is 4.33. The van der Waals surface area contributed by atoms with Crippen LogP contribution in [0.4, 0.5) is 0 Å². The van der Waals surface area contributed by atoms with Crippen LogP contribution in [0.2, 0.25) is 0 Å². The molecule has 1 fully saturated rings. The average molecular weight is 157 g/mol. The molecule has 3 heteroatoms. The van der Waals surface area contributed by atoms with E-state index in [0.29, 0.717) is 18.9 Å². The summed E-state index contributed by atoms with van der Waals surface area (Å²) >= 11 is 0. The molecule has 0 bridgehead atoms. The van der Waals surface area contributed by atoms with E-state index in [-0.39, 0.29) is 12.5 Å². The fourth-order valence-corrected chi connectivity index (χ4v) is 1.23. The Labute approximate surface area is 66.8 Å². The molecule has 0 atom stereocenters. The zero-order chi connectivity index (χ0) is 8.10. The Morgan fingerprint density at radius 1 is 1.55 bits per heavy atom. The molecule has 0 unspecified atom stereocenters. The molecule has 0 heterocycles. The van der Waals surface area contributed by atoms with Gasteiger partial charge in [-0.1, -0.05) is 6.42 Å². The van der Waals surface area contributed by atoms with Crippen LogP contribution in [0, 0.1) is 5.92 Å². The highest BCUT2D eigenvalue weighted by Crippen LogP contribution is 2.28. The summed E-state index contributed by atoms with van der Waals surface area (Å²) in [4.78, 5) is 11.0. The molecule has 0 radical (unpaired) electrons. The Balaban J connectivity index is 2.00. The van der Waals surface area contributed by atoms with Crippen LogP contribution in [0.3, 0.4) is 0 Å². The van der Waals surface area contributed by atoms with Gasteiger partial charge in [-0.15, -0.1) is 0 Å².